The number of carbonyl (C=O) groups is 1. The fourth-order valence-corrected chi connectivity index (χ4v) is 2.98. The molecule has 0 atom stereocenters. The fourth-order valence-electron chi connectivity index (χ4n) is 2.81. The van der Waals surface area contributed by atoms with Gasteiger partial charge in [0.1, 0.15) is 5.82 Å². The Morgan fingerprint density at radius 3 is 2.22 bits per heavy atom. The Morgan fingerprint density at radius 1 is 1.00 bits per heavy atom. The lowest BCUT2D eigenvalue weighted by Gasteiger charge is -2.36. The summed E-state index contributed by atoms with van der Waals surface area (Å²) in [5.74, 6) is -0.324. The Morgan fingerprint density at radius 2 is 1.63 bits per heavy atom. The Labute approximate surface area is 158 Å². The minimum absolute atomic E-state index is 0.0290. The molecule has 144 valence electrons. The first kappa shape index (κ1) is 19.3. The first-order valence-electron chi connectivity index (χ1n) is 8.17. The fraction of sp³-hybridized carbons (Fsp3) is 0.278. The van der Waals surface area contributed by atoms with E-state index < -0.39 is 17.8 Å². The maximum absolute atomic E-state index is 13.0. The third-order valence-corrected chi connectivity index (χ3v) is 4.62. The van der Waals surface area contributed by atoms with Crippen molar-refractivity contribution in [2.45, 2.75) is 6.18 Å². The van der Waals surface area contributed by atoms with E-state index in [9.17, 15) is 22.4 Å². The lowest BCUT2D eigenvalue weighted by atomic mass is 10.2. The van der Waals surface area contributed by atoms with Crippen LogP contribution in [0.2, 0.25) is 5.02 Å². The molecule has 0 spiro atoms. The number of hydrogen-bond acceptors (Lipinski definition) is 2. The van der Waals surface area contributed by atoms with Crippen LogP contribution in [0.1, 0.15) is 5.56 Å². The maximum atomic E-state index is 13.0. The van der Waals surface area contributed by atoms with Crippen molar-refractivity contribution in [2.24, 2.45) is 0 Å². The number of halogens is 5. The van der Waals surface area contributed by atoms with Gasteiger partial charge in [-0.25, -0.2) is 9.18 Å². The van der Waals surface area contributed by atoms with Crippen molar-refractivity contribution >= 4 is 29.0 Å². The molecule has 4 nitrogen and oxygen atoms in total. The van der Waals surface area contributed by atoms with Crippen LogP contribution < -0.4 is 10.2 Å². The minimum Gasteiger partial charge on any atom is -0.368 e. The highest BCUT2D eigenvalue weighted by atomic mass is 35.5. The van der Waals surface area contributed by atoms with Gasteiger partial charge < -0.3 is 15.1 Å². The van der Waals surface area contributed by atoms with Gasteiger partial charge in [-0.05, 0) is 42.5 Å². The normalized spacial score (nSPS) is 15.0. The smallest absolute Gasteiger partial charge is 0.368 e. The number of nitrogens with zero attached hydrogens (tertiary/aromatic N) is 2. The zero-order chi connectivity index (χ0) is 19.6. The number of urea groups is 1. The van der Waals surface area contributed by atoms with Gasteiger partial charge in [-0.2, -0.15) is 13.2 Å². The molecule has 0 unspecified atom stereocenters. The second kappa shape index (κ2) is 7.64. The molecule has 1 fully saturated rings. The summed E-state index contributed by atoms with van der Waals surface area (Å²) in [5.41, 5.74) is -0.127. The molecule has 1 saturated heterocycles. The molecule has 0 bridgehead atoms. The molecule has 2 aromatic rings. The number of nitrogens with one attached hydrogen (secondary N) is 1. The third-order valence-electron chi connectivity index (χ3n) is 4.29. The van der Waals surface area contributed by atoms with Gasteiger partial charge in [0.25, 0.3) is 0 Å². The van der Waals surface area contributed by atoms with E-state index in [0.29, 0.717) is 26.2 Å². The van der Waals surface area contributed by atoms with Gasteiger partial charge >= 0.3 is 12.2 Å². The molecule has 1 heterocycles. The molecule has 27 heavy (non-hydrogen) atoms. The molecule has 0 aliphatic carbocycles. The van der Waals surface area contributed by atoms with E-state index in [4.69, 9.17) is 11.6 Å². The lowest BCUT2D eigenvalue weighted by molar-refractivity contribution is -0.137. The number of anilines is 2. The first-order valence-corrected chi connectivity index (χ1v) is 8.55. The van der Waals surface area contributed by atoms with E-state index in [1.807, 2.05) is 4.90 Å². The van der Waals surface area contributed by atoms with E-state index in [-0.39, 0.29) is 16.5 Å². The summed E-state index contributed by atoms with van der Waals surface area (Å²) in [6.07, 6.45) is -4.52. The molecule has 0 saturated carbocycles. The third kappa shape index (κ3) is 4.63. The molecule has 1 aliphatic rings. The van der Waals surface area contributed by atoms with Crippen LogP contribution in [0, 0.1) is 5.82 Å². The van der Waals surface area contributed by atoms with Crippen LogP contribution in [0.15, 0.2) is 42.5 Å². The highest BCUT2D eigenvalue weighted by Crippen LogP contribution is 2.34. The zero-order valence-corrected chi connectivity index (χ0v) is 14.8. The standard InChI is InChI=1S/C18H16ClF4N3O/c19-15-6-1-12(18(21,22)23)11-16(15)24-17(27)26-9-7-25(8-10-26)14-4-2-13(20)3-5-14/h1-6,11H,7-10H2,(H,24,27). The van der Waals surface area contributed by atoms with Gasteiger partial charge in [-0.3, -0.25) is 0 Å². The molecular formula is C18H16ClF4N3O. The van der Waals surface area contributed by atoms with Gasteiger partial charge in [0.2, 0.25) is 0 Å². The van der Waals surface area contributed by atoms with Gasteiger partial charge in [-0.1, -0.05) is 11.6 Å². The first-order chi connectivity index (χ1) is 12.7. The second-order valence-electron chi connectivity index (χ2n) is 6.07. The average Bonchev–Trinajstić information content (AvgIpc) is 2.63. The van der Waals surface area contributed by atoms with Gasteiger partial charge in [0.15, 0.2) is 0 Å². The summed E-state index contributed by atoms with van der Waals surface area (Å²) >= 11 is 5.91. The quantitative estimate of drug-likeness (QED) is 0.730. The van der Waals surface area contributed by atoms with E-state index in [1.54, 1.807) is 12.1 Å². The maximum Gasteiger partial charge on any atom is 0.416 e. The summed E-state index contributed by atoms with van der Waals surface area (Å²) in [7, 11) is 0. The number of rotatable bonds is 2. The summed E-state index contributed by atoms with van der Waals surface area (Å²) in [6.45, 7) is 1.80. The molecule has 9 heteroatoms. The predicted octanol–water partition coefficient (Wildman–Crippen LogP) is 4.85. The Bertz CT molecular complexity index is 818. The molecule has 0 aromatic heterocycles. The number of carbonyl (C=O) groups excluding carboxylic acids is 1. The van der Waals surface area contributed by atoms with E-state index in [0.717, 1.165) is 23.9 Å². The summed E-state index contributed by atoms with van der Waals surface area (Å²) in [5, 5.41) is 2.47. The van der Waals surface area contributed by atoms with E-state index >= 15 is 0 Å². The second-order valence-corrected chi connectivity index (χ2v) is 6.48. The van der Waals surface area contributed by atoms with Crippen LogP contribution in [-0.2, 0) is 6.18 Å². The Kier molecular flexibility index (Phi) is 5.46. The SMILES string of the molecule is O=C(Nc1cc(C(F)(F)F)ccc1Cl)N1CCN(c2ccc(F)cc2)CC1. The molecule has 3 rings (SSSR count). The minimum atomic E-state index is -4.52. The van der Waals surface area contributed by atoms with Crippen LogP contribution in [0.25, 0.3) is 0 Å². The van der Waals surface area contributed by atoms with Gasteiger partial charge in [-0.15, -0.1) is 0 Å². The van der Waals surface area contributed by atoms with Crippen LogP contribution in [0.5, 0.6) is 0 Å². The van der Waals surface area contributed by atoms with Crippen molar-refractivity contribution in [1.29, 1.82) is 0 Å². The summed E-state index contributed by atoms with van der Waals surface area (Å²) < 4.78 is 51.5. The topological polar surface area (TPSA) is 35.6 Å². The number of benzene rings is 2. The number of hydrogen-bond donors (Lipinski definition) is 1. The van der Waals surface area contributed by atoms with Crippen LogP contribution in [0.4, 0.5) is 33.7 Å². The van der Waals surface area contributed by atoms with Crippen molar-refractivity contribution in [1.82, 2.24) is 4.90 Å². The van der Waals surface area contributed by atoms with Crippen LogP contribution in [0.3, 0.4) is 0 Å². The highest BCUT2D eigenvalue weighted by molar-refractivity contribution is 6.33. The van der Waals surface area contributed by atoms with Gasteiger partial charge in [0, 0.05) is 31.9 Å². The number of amides is 2. The van der Waals surface area contributed by atoms with Crippen LogP contribution >= 0.6 is 11.6 Å². The van der Waals surface area contributed by atoms with E-state index in [1.165, 1.54) is 17.0 Å². The van der Waals surface area contributed by atoms with Crippen molar-refractivity contribution in [3.63, 3.8) is 0 Å². The molecule has 1 aliphatic heterocycles. The molecule has 2 amide bonds. The molecule has 0 radical (unpaired) electrons. The molecular weight excluding hydrogens is 386 g/mol. The monoisotopic (exact) mass is 401 g/mol. The lowest BCUT2D eigenvalue weighted by Crippen LogP contribution is -2.50. The predicted molar refractivity (Wildman–Crippen MR) is 95.7 cm³/mol. The van der Waals surface area contributed by atoms with Crippen molar-refractivity contribution in [2.75, 3.05) is 36.4 Å². The van der Waals surface area contributed by atoms with Crippen molar-refractivity contribution < 1.29 is 22.4 Å². The number of alkyl halides is 3. The average molecular weight is 402 g/mol. The Balaban J connectivity index is 1.62. The van der Waals surface area contributed by atoms with E-state index in [2.05, 4.69) is 5.32 Å². The Hall–Kier alpha value is -2.48. The molecule has 1 N–H and O–H groups in total. The summed E-state index contributed by atoms with van der Waals surface area (Å²) in [4.78, 5) is 15.9. The van der Waals surface area contributed by atoms with Crippen molar-refractivity contribution in [3.05, 3.63) is 58.9 Å². The van der Waals surface area contributed by atoms with Gasteiger partial charge in [0.05, 0.1) is 16.3 Å². The zero-order valence-electron chi connectivity index (χ0n) is 14.1. The highest BCUT2D eigenvalue weighted by Gasteiger charge is 2.31. The summed E-state index contributed by atoms with van der Waals surface area (Å²) in [6, 6.07) is 8.31. The molecule has 2 aromatic carbocycles. The van der Waals surface area contributed by atoms with Crippen molar-refractivity contribution in [3.8, 4) is 0 Å². The van der Waals surface area contributed by atoms with Crippen LogP contribution in [-0.4, -0.2) is 37.1 Å². The largest absolute Gasteiger partial charge is 0.416 e. The number of piperazine rings is 1.